The van der Waals surface area contributed by atoms with Crippen LogP contribution in [0.3, 0.4) is 0 Å². The number of alkyl halides is 1. The lowest BCUT2D eigenvalue weighted by molar-refractivity contribution is -0.140. The first-order valence-electron chi connectivity index (χ1n) is 4.80. The Balaban J connectivity index is 2.30. The van der Waals surface area contributed by atoms with Crippen molar-refractivity contribution < 1.29 is 9.53 Å². The van der Waals surface area contributed by atoms with Gasteiger partial charge in [0.05, 0.1) is 7.11 Å². The van der Waals surface area contributed by atoms with Crippen molar-refractivity contribution in [2.75, 3.05) is 13.7 Å². The first-order valence-corrected chi connectivity index (χ1v) is 6.03. The number of methoxy groups -OCH3 is 1. The van der Waals surface area contributed by atoms with E-state index in [9.17, 15) is 4.79 Å². The van der Waals surface area contributed by atoms with Gasteiger partial charge in [0.2, 0.25) is 0 Å². The van der Waals surface area contributed by atoms with E-state index in [2.05, 4.69) is 26.0 Å². The average molecular weight is 307 g/mol. The largest absolute Gasteiger partial charge is 0.468 e. The summed E-state index contributed by atoms with van der Waals surface area (Å²) in [5, 5.41) is 2.45. The number of rotatable bonds is 5. The Kier molecular flexibility index (Phi) is 5.80. The van der Waals surface area contributed by atoms with Crippen LogP contribution in [-0.2, 0) is 16.1 Å². The first kappa shape index (κ1) is 13.5. The van der Waals surface area contributed by atoms with Crippen LogP contribution in [0.5, 0.6) is 0 Å². The van der Waals surface area contributed by atoms with E-state index < -0.39 is 11.3 Å². The fourth-order valence-corrected chi connectivity index (χ4v) is 1.62. The second-order valence-electron chi connectivity index (χ2n) is 3.25. The van der Waals surface area contributed by atoms with E-state index in [1.165, 1.54) is 7.11 Å². The van der Waals surface area contributed by atoms with Crippen LogP contribution < -0.4 is 5.32 Å². The fourth-order valence-electron chi connectivity index (χ4n) is 1.16. The van der Waals surface area contributed by atoms with Crippen LogP contribution in [0.15, 0.2) is 28.7 Å². The number of benzene rings is 1. The smallest absolute Gasteiger partial charge is 0.325 e. The average Bonchev–Trinajstić information content (AvgIpc) is 2.30. The molecule has 1 rings (SSSR count). The Morgan fingerprint density at radius 3 is 2.69 bits per heavy atom. The van der Waals surface area contributed by atoms with Crippen molar-refractivity contribution in [2.24, 2.45) is 0 Å². The summed E-state index contributed by atoms with van der Waals surface area (Å²) >= 11 is 9.14. The van der Waals surface area contributed by atoms with Crippen molar-refractivity contribution in [3.63, 3.8) is 0 Å². The number of nitrogens with one attached hydrogen (secondary N) is 1. The molecule has 88 valence electrons. The second-order valence-corrected chi connectivity index (χ2v) is 4.69. The van der Waals surface area contributed by atoms with Crippen LogP contribution >= 0.6 is 27.5 Å². The highest BCUT2D eigenvalue weighted by Gasteiger charge is 2.14. The predicted molar refractivity (Wildman–Crippen MR) is 67.5 cm³/mol. The van der Waals surface area contributed by atoms with Crippen LogP contribution in [0, 0.1) is 0 Å². The van der Waals surface area contributed by atoms with Crippen molar-refractivity contribution in [3.8, 4) is 0 Å². The molecule has 0 spiro atoms. The monoisotopic (exact) mass is 305 g/mol. The lowest BCUT2D eigenvalue weighted by atomic mass is 10.2. The molecule has 1 atom stereocenters. The highest BCUT2D eigenvalue weighted by atomic mass is 79.9. The Bertz CT molecular complexity index is 342. The SMILES string of the molecule is COC(=O)C(Cl)CNCc1ccc(Br)cc1. The molecule has 0 aliphatic heterocycles. The predicted octanol–water partition coefficient (Wildman–Crippen LogP) is 2.32. The highest BCUT2D eigenvalue weighted by Crippen LogP contribution is 2.10. The van der Waals surface area contributed by atoms with Gasteiger partial charge in [-0.25, -0.2) is 0 Å². The third-order valence-electron chi connectivity index (χ3n) is 2.02. The molecule has 5 heteroatoms. The van der Waals surface area contributed by atoms with Gasteiger partial charge in [-0.3, -0.25) is 4.79 Å². The maximum atomic E-state index is 11.0. The molecule has 0 fully saturated rings. The number of halogens is 2. The molecule has 0 saturated heterocycles. The van der Waals surface area contributed by atoms with Gasteiger partial charge >= 0.3 is 5.97 Å². The maximum absolute atomic E-state index is 11.0. The molecule has 1 N–H and O–H groups in total. The molecule has 0 bridgehead atoms. The molecule has 0 aromatic heterocycles. The van der Waals surface area contributed by atoms with E-state index >= 15 is 0 Å². The third-order valence-corrected chi connectivity index (χ3v) is 2.88. The van der Waals surface area contributed by atoms with E-state index in [1.807, 2.05) is 24.3 Å². The molecule has 0 amide bonds. The van der Waals surface area contributed by atoms with Gasteiger partial charge in [-0.05, 0) is 17.7 Å². The number of hydrogen-bond donors (Lipinski definition) is 1. The Morgan fingerprint density at radius 1 is 1.50 bits per heavy atom. The van der Waals surface area contributed by atoms with Gasteiger partial charge in [-0.2, -0.15) is 0 Å². The number of hydrogen-bond acceptors (Lipinski definition) is 3. The summed E-state index contributed by atoms with van der Waals surface area (Å²) in [6, 6.07) is 7.93. The topological polar surface area (TPSA) is 38.3 Å². The molecule has 3 nitrogen and oxygen atoms in total. The van der Waals surface area contributed by atoms with Crippen LogP contribution in [0.1, 0.15) is 5.56 Å². The first-order chi connectivity index (χ1) is 7.63. The van der Waals surface area contributed by atoms with Crippen molar-refractivity contribution >= 4 is 33.5 Å². The summed E-state index contributed by atoms with van der Waals surface area (Å²) in [5.74, 6) is -0.412. The van der Waals surface area contributed by atoms with Crippen molar-refractivity contribution in [1.82, 2.24) is 5.32 Å². The van der Waals surface area contributed by atoms with Gasteiger partial charge in [0.1, 0.15) is 5.38 Å². The third kappa shape index (κ3) is 4.51. The van der Waals surface area contributed by atoms with Crippen LogP contribution in [0.4, 0.5) is 0 Å². The summed E-state index contributed by atoms with van der Waals surface area (Å²) in [4.78, 5) is 11.0. The van der Waals surface area contributed by atoms with Gasteiger partial charge < -0.3 is 10.1 Å². The minimum Gasteiger partial charge on any atom is -0.468 e. The zero-order valence-corrected chi connectivity index (χ0v) is 11.2. The van der Waals surface area contributed by atoms with Gasteiger partial charge in [0.25, 0.3) is 0 Å². The zero-order valence-electron chi connectivity index (χ0n) is 8.87. The molecule has 16 heavy (non-hydrogen) atoms. The molecule has 1 aromatic carbocycles. The maximum Gasteiger partial charge on any atom is 0.325 e. The molecule has 0 saturated carbocycles. The number of carbonyl (C=O) groups is 1. The molecule has 0 radical (unpaired) electrons. The normalized spacial score (nSPS) is 12.2. The quantitative estimate of drug-likeness (QED) is 0.670. The van der Waals surface area contributed by atoms with Gasteiger partial charge in [-0.15, -0.1) is 11.6 Å². The van der Waals surface area contributed by atoms with Crippen molar-refractivity contribution in [3.05, 3.63) is 34.3 Å². The molecule has 0 heterocycles. The Morgan fingerprint density at radius 2 is 2.12 bits per heavy atom. The summed E-state index contributed by atoms with van der Waals surface area (Å²) in [6.07, 6.45) is 0. The zero-order chi connectivity index (χ0) is 12.0. The van der Waals surface area contributed by atoms with E-state index in [0.29, 0.717) is 13.1 Å². The second kappa shape index (κ2) is 6.89. The van der Waals surface area contributed by atoms with Crippen LogP contribution in [-0.4, -0.2) is 25.0 Å². The molecule has 1 unspecified atom stereocenters. The van der Waals surface area contributed by atoms with Gasteiger partial charge in [-0.1, -0.05) is 28.1 Å². The Hall–Kier alpha value is -0.580. The lowest BCUT2D eigenvalue weighted by Crippen LogP contribution is -2.29. The van der Waals surface area contributed by atoms with Gasteiger partial charge in [0.15, 0.2) is 0 Å². The lowest BCUT2D eigenvalue weighted by Gasteiger charge is -2.08. The minimum absolute atomic E-state index is 0.393. The summed E-state index contributed by atoms with van der Waals surface area (Å²) in [5.41, 5.74) is 1.14. The molecule has 1 aromatic rings. The van der Waals surface area contributed by atoms with Crippen molar-refractivity contribution in [2.45, 2.75) is 11.9 Å². The summed E-state index contributed by atoms with van der Waals surface area (Å²) < 4.78 is 5.56. The van der Waals surface area contributed by atoms with Crippen LogP contribution in [0.25, 0.3) is 0 Å². The van der Waals surface area contributed by atoms with Crippen LogP contribution in [0.2, 0.25) is 0 Å². The molecule has 0 aliphatic carbocycles. The summed E-state index contributed by atoms with van der Waals surface area (Å²) in [7, 11) is 1.33. The molecular weight excluding hydrogens is 293 g/mol. The summed E-state index contributed by atoms with van der Waals surface area (Å²) in [6.45, 7) is 1.07. The van der Waals surface area contributed by atoms with E-state index in [0.717, 1.165) is 10.0 Å². The molecule has 0 aliphatic rings. The van der Waals surface area contributed by atoms with Crippen molar-refractivity contribution in [1.29, 1.82) is 0 Å². The van der Waals surface area contributed by atoms with E-state index in [4.69, 9.17) is 11.6 Å². The Labute approximate surface area is 108 Å². The number of carbonyl (C=O) groups excluding carboxylic acids is 1. The molecular formula is C11H13BrClNO2. The van der Waals surface area contributed by atoms with Gasteiger partial charge in [0, 0.05) is 17.6 Å². The standard InChI is InChI=1S/C11H13BrClNO2/c1-16-11(15)10(13)7-14-6-8-2-4-9(12)5-3-8/h2-5,10,14H,6-7H2,1H3. The number of esters is 1. The number of ether oxygens (including phenoxy) is 1. The minimum atomic E-state index is -0.638. The fraction of sp³-hybridized carbons (Fsp3) is 0.364. The highest BCUT2D eigenvalue weighted by molar-refractivity contribution is 9.10. The van der Waals surface area contributed by atoms with E-state index in [-0.39, 0.29) is 0 Å². The van der Waals surface area contributed by atoms with E-state index in [1.54, 1.807) is 0 Å².